The highest BCUT2D eigenvalue weighted by Crippen LogP contribution is 2.42. The van der Waals surface area contributed by atoms with Gasteiger partial charge in [0.15, 0.2) is 6.61 Å². The molecule has 8 nitrogen and oxygen atoms in total. The average Bonchev–Trinajstić information content (AvgIpc) is 3.19. The zero-order valence-corrected chi connectivity index (χ0v) is 16.0. The molecule has 1 aliphatic heterocycles. The Labute approximate surface area is 161 Å². The van der Waals surface area contributed by atoms with Crippen molar-refractivity contribution in [1.29, 1.82) is 5.26 Å². The summed E-state index contributed by atoms with van der Waals surface area (Å²) in [5.74, 6) is -0.385. The minimum Gasteiger partial charge on any atom is -0.466 e. The number of amides is 2. The van der Waals surface area contributed by atoms with E-state index in [-0.39, 0.29) is 11.8 Å². The van der Waals surface area contributed by atoms with Crippen LogP contribution in [0.15, 0.2) is 22.8 Å². The number of ether oxygens (including phenoxy) is 1. The fourth-order valence-electron chi connectivity index (χ4n) is 3.16. The molecule has 0 aromatic carbocycles. The van der Waals surface area contributed by atoms with Crippen LogP contribution in [0.25, 0.3) is 0 Å². The van der Waals surface area contributed by atoms with Crippen LogP contribution in [0.2, 0.25) is 0 Å². The van der Waals surface area contributed by atoms with Gasteiger partial charge in [0.2, 0.25) is 5.91 Å². The minimum absolute atomic E-state index is 0.135. The zero-order valence-electron chi connectivity index (χ0n) is 15.1. The Morgan fingerprint density at radius 1 is 1.48 bits per heavy atom. The van der Waals surface area contributed by atoms with Crippen LogP contribution < -0.4 is 5.32 Å². The van der Waals surface area contributed by atoms with Gasteiger partial charge in [0.1, 0.15) is 22.7 Å². The van der Waals surface area contributed by atoms with Gasteiger partial charge in [-0.25, -0.2) is 4.79 Å². The summed E-state index contributed by atoms with van der Waals surface area (Å²) in [6.07, 6.45) is 3.30. The summed E-state index contributed by atoms with van der Waals surface area (Å²) in [5.41, 5.74) is -0.942. The van der Waals surface area contributed by atoms with Gasteiger partial charge in [-0.15, -0.1) is 11.8 Å². The Morgan fingerprint density at radius 2 is 2.22 bits per heavy atom. The highest BCUT2D eigenvalue weighted by molar-refractivity contribution is 7.99. The van der Waals surface area contributed by atoms with Gasteiger partial charge in [0.05, 0.1) is 12.3 Å². The number of nitrogens with zero attached hydrogens (tertiary/aromatic N) is 2. The molecular formula is C18H21N3O5S. The van der Waals surface area contributed by atoms with Crippen LogP contribution in [-0.2, 0) is 19.1 Å². The van der Waals surface area contributed by atoms with Crippen molar-refractivity contribution in [3.05, 3.63) is 24.2 Å². The van der Waals surface area contributed by atoms with Crippen LogP contribution in [0.5, 0.6) is 0 Å². The van der Waals surface area contributed by atoms with E-state index in [0.29, 0.717) is 11.5 Å². The Bertz CT molecular complexity index is 770. The van der Waals surface area contributed by atoms with Crippen LogP contribution in [0.3, 0.4) is 0 Å². The molecule has 2 aliphatic rings. The van der Waals surface area contributed by atoms with Gasteiger partial charge in [-0.1, -0.05) is 0 Å². The second kappa shape index (κ2) is 7.64. The molecule has 2 amide bonds. The summed E-state index contributed by atoms with van der Waals surface area (Å²) < 4.78 is 10.5. The van der Waals surface area contributed by atoms with Crippen LogP contribution >= 0.6 is 11.8 Å². The lowest BCUT2D eigenvalue weighted by Crippen LogP contribution is -2.49. The van der Waals surface area contributed by atoms with Crippen molar-refractivity contribution in [3.8, 4) is 6.07 Å². The van der Waals surface area contributed by atoms with E-state index >= 15 is 0 Å². The molecule has 2 fully saturated rings. The zero-order chi connectivity index (χ0) is 19.6. The summed E-state index contributed by atoms with van der Waals surface area (Å²) in [4.78, 5) is 38.0. The minimum atomic E-state index is -0.942. The van der Waals surface area contributed by atoms with Crippen molar-refractivity contribution in [3.63, 3.8) is 0 Å². The predicted octanol–water partition coefficient (Wildman–Crippen LogP) is 1.59. The third-order valence-electron chi connectivity index (χ3n) is 4.79. The van der Waals surface area contributed by atoms with E-state index in [1.54, 1.807) is 19.1 Å². The maximum Gasteiger partial charge on any atom is 0.330 e. The molecule has 2 heterocycles. The first-order chi connectivity index (χ1) is 12.9. The topological polar surface area (TPSA) is 113 Å². The van der Waals surface area contributed by atoms with Crippen LogP contribution in [-0.4, -0.2) is 46.6 Å². The normalized spacial score (nSPS) is 24.0. The first kappa shape index (κ1) is 19.3. The second-order valence-electron chi connectivity index (χ2n) is 6.89. The highest BCUT2D eigenvalue weighted by Gasteiger charge is 2.44. The molecule has 144 valence electrons. The van der Waals surface area contributed by atoms with Crippen molar-refractivity contribution in [1.82, 2.24) is 10.2 Å². The molecule has 27 heavy (non-hydrogen) atoms. The van der Waals surface area contributed by atoms with Gasteiger partial charge in [-0.3, -0.25) is 9.59 Å². The molecule has 0 unspecified atom stereocenters. The lowest BCUT2D eigenvalue weighted by Gasteiger charge is -2.26. The van der Waals surface area contributed by atoms with Crippen molar-refractivity contribution >= 4 is 29.5 Å². The number of carbonyl (C=O) groups excluding carboxylic acids is 3. The lowest BCUT2D eigenvalue weighted by atomic mass is 9.98. The predicted molar refractivity (Wildman–Crippen MR) is 96.1 cm³/mol. The Balaban J connectivity index is 1.58. The number of furan rings is 1. The molecule has 0 radical (unpaired) electrons. The number of hydrogen-bond acceptors (Lipinski definition) is 7. The molecule has 1 saturated heterocycles. The summed E-state index contributed by atoms with van der Waals surface area (Å²) >= 11 is 1.40. The number of esters is 1. The molecule has 1 saturated carbocycles. The van der Waals surface area contributed by atoms with E-state index in [9.17, 15) is 19.6 Å². The van der Waals surface area contributed by atoms with Crippen LogP contribution in [0, 0.1) is 17.2 Å². The number of nitrogens with one attached hydrogen (secondary N) is 1. The Kier molecular flexibility index (Phi) is 5.46. The lowest BCUT2D eigenvalue weighted by molar-refractivity contribution is -0.156. The van der Waals surface area contributed by atoms with Gasteiger partial charge in [0, 0.05) is 12.7 Å². The number of rotatable bonds is 6. The van der Waals surface area contributed by atoms with Gasteiger partial charge >= 0.3 is 5.97 Å². The number of thioether (sulfide) groups is 1. The fourth-order valence-corrected chi connectivity index (χ4v) is 4.58. The number of nitriles is 1. The van der Waals surface area contributed by atoms with Gasteiger partial charge in [-0.2, -0.15) is 5.26 Å². The van der Waals surface area contributed by atoms with E-state index < -0.39 is 35.4 Å². The van der Waals surface area contributed by atoms with Gasteiger partial charge < -0.3 is 19.4 Å². The quantitative estimate of drug-likeness (QED) is 0.733. The van der Waals surface area contributed by atoms with E-state index in [0.717, 1.165) is 12.8 Å². The molecule has 1 N–H and O–H groups in total. The summed E-state index contributed by atoms with van der Waals surface area (Å²) in [7, 11) is 0. The standard InChI is InChI=1S/C18H21N3O5S/c1-11(22)21-13(9-27-16(21)14-4-3-7-25-14)17(24)26-8-15(23)20-18(2,10-19)12-5-6-12/h3-4,7,12-13,16H,5-6,8-9H2,1-2H3,(H,20,23)/t13-,16-,18-/m0/s1. The molecule has 3 atom stereocenters. The van der Waals surface area contributed by atoms with Gasteiger partial charge in [-0.05, 0) is 37.8 Å². The van der Waals surface area contributed by atoms with E-state index in [4.69, 9.17) is 9.15 Å². The van der Waals surface area contributed by atoms with Crippen LogP contribution in [0.1, 0.15) is 37.8 Å². The molecule has 0 bridgehead atoms. The monoisotopic (exact) mass is 391 g/mol. The first-order valence-electron chi connectivity index (χ1n) is 8.68. The highest BCUT2D eigenvalue weighted by atomic mass is 32.2. The average molecular weight is 391 g/mol. The number of hydrogen-bond donors (Lipinski definition) is 1. The maximum absolute atomic E-state index is 12.5. The van der Waals surface area contributed by atoms with Gasteiger partial charge in [0.25, 0.3) is 5.91 Å². The van der Waals surface area contributed by atoms with Crippen molar-refractivity contribution in [2.45, 2.75) is 43.6 Å². The Morgan fingerprint density at radius 3 is 2.78 bits per heavy atom. The third kappa shape index (κ3) is 4.11. The fraction of sp³-hybridized carbons (Fsp3) is 0.556. The third-order valence-corrected chi connectivity index (χ3v) is 6.08. The molecule has 9 heteroatoms. The molecule has 3 rings (SSSR count). The SMILES string of the molecule is CC(=O)N1[C@H](C(=O)OCC(=O)N[C@@](C)(C#N)C2CC2)CS[C@H]1c1ccco1. The van der Waals surface area contributed by atoms with Crippen molar-refractivity contribution in [2.75, 3.05) is 12.4 Å². The molecule has 1 aromatic rings. The van der Waals surface area contributed by atoms with E-state index in [2.05, 4.69) is 11.4 Å². The summed E-state index contributed by atoms with van der Waals surface area (Å²) in [6, 6.07) is 4.79. The first-order valence-corrected chi connectivity index (χ1v) is 9.73. The molecule has 0 spiro atoms. The maximum atomic E-state index is 12.5. The van der Waals surface area contributed by atoms with Crippen LogP contribution in [0.4, 0.5) is 0 Å². The number of carbonyl (C=O) groups is 3. The molecular weight excluding hydrogens is 370 g/mol. The summed E-state index contributed by atoms with van der Waals surface area (Å²) in [5, 5.41) is 11.5. The van der Waals surface area contributed by atoms with E-state index in [1.807, 2.05) is 0 Å². The summed E-state index contributed by atoms with van der Waals surface area (Å²) in [6.45, 7) is 2.56. The smallest absolute Gasteiger partial charge is 0.330 e. The molecule has 1 aliphatic carbocycles. The van der Waals surface area contributed by atoms with Crippen molar-refractivity contribution < 1.29 is 23.5 Å². The van der Waals surface area contributed by atoms with E-state index in [1.165, 1.54) is 29.8 Å². The Hall–Kier alpha value is -2.47. The van der Waals surface area contributed by atoms with Crippen molar-refractivity contribution in [2.24, 2.45) is 5.92 Å². The largest absolute Gasteiger partial charge is 0.466 e. The molecule has 1 aromatic heterocycles. The second-order valence-corrected chi connectivity index (χ2v) is 8.00.